The number of benzene rings is 2. The second kappa shape index (κ2) is 9.40. The lowest BCUT2D eigenvalue weighted by molar-refractivity contribution is -0.136. The number of piperazine rings is 1. The largest absolute Gasteiger partial charge is 0.505 e. The van der Waals surface area contributed by atoms with Gasteiger partial charge in [0.05, 0.1) is 16.9 Å². The summed E-state index contributed by atoms with van der Waals surface area (Å²) in [6, 6.07) is 6.25. The first-order valence-electron chi connectivity index (χ1n) is 10.5. The number of hydrogen-bond acceptors (Lipinski definition) is 5. The van der Waals surface area contributed by atoms with Gasteiger partial charge in [-0.15, -0.1) is 0 Å². The highest BCUT2D eigenvalue weighted by atomic mass is 19.4. The lowest BCUT2D eigenvalue weighted by Crippen LogP contribution is -2.50. The van der Waals surface area contributed by atoms with Crippen molar-refractivity contribution in [3.8, 4) is 5.75 Å². The molecule has 0 aliphatic carbocycles. The monoisotopic (exact) mass is 483 g/mol. The van der Waals surface area contributed by atoms with Crippen LogP contribution in [0.1, 0.15) is 36.7 Å². The summed E-state index contributed by atoms with van der Waals surface area (Å²) in [5.74, 6) is -2.70. The molecule has 7 nitrogen and oxygen atoms in total. The first-order chi connectivity index (χ1) is 15.8. The highest BCUT2D eigenvalue weighted by molar-refractivity contribution is 6.06. The van der Waals surface area contributed by atoms with Crippen molar-refractivity contribution in [3.05, 3.63) is 53.3 Å². The fourth-order valence-corrected chi connectivity index (χ4v) is 3.47. The van der Waals surface area contributed by atoms with E-state index >= 15 is 0 Å². The molecule has 1 aliphatic rings. The predicted molar refractivity (Wildman–Crippen MR) is 117 cm³/mol. The van der Waals surface area contributed by atoms with Crippen LogP contribution in [0.4, 0.5) is 33.7 Å². The number of phenols is 1. The van der Waals surface area contributed by atoms with E-state index < -0.39 is 46.6 Å². The van der Waals surface area contributed by atoms with Crippen LogP contribution in [-0.4, -0.2) is 53.8 Å². The van der Waals surface area contributed by atoms with E-state index in [1.807, 2.05) is 0 Å². The van der Waals surface area contributed by atoms with Crippen molar-refractivity contribution < 1.29 is 37.0 Å². The van der Waals surface area contributed by atoms with Gasteiger partial charge in [0.2, 0.25) is 0 Å². The van der Waals surface area contributed by atoms with E-state index in [0.717, 1.165) is 24.3 Å². The molecule has 0 unspecified atom stereocenters. The highest BCUT2D eigenvalue weighted by Gasteiger charge is 2.36. The van der Waals surface area contributed by atoms with Crippen LogP contribution < -0.4 is 10.2 Å². The molecule has 1 heterocycles. The first-order valence-corrected chi connectivity index (χ1v) is 10.5. The van der Waals surface area contributed by atoms with Crippen LogP contribution >= 0.6 is 0 Å². The summed E-state index contributed by atoms with van der Waals surface area (Å²) >= 11 is 0. The number of ether oxygens (including phenoxy) is 1. The van der Waals surface area contributed by atoms with Gasteiger partial charge in [-0.2, -0.15) is 13.2 Å². The summed E-state index contributed by atoms with van der Waals surface area (Å²) in [6.45, 7) is 6.05. The number of alkyl halides is 3. The third-order valence-electron chi connectivity index (χ3n) is 5.07. The molecule has 0 saturated carbocycles. The van der Waals surface area contributed by atoms with Gasteiger partial charge in [0.1, 0.15) is 5.60 Å². The maximum absolute atomic E-state index is 13.8. The third-order valence-corrected chi connectivity index (χ3v) is 5.07. The molecule has 34 heavy (non-hydrogen) atoms. The molecule has 2 aromatic rings. The minimum absolute atomic E-state index is 0.123. The van der Waals surface area contributed by atoms with Crippen molar-refractivity contribution in [2.24, 2.45) is 0 Å². The van der Waals surface area contributed by atoms with Gasteiger partial charge in [-0.1, -0.05) is 6.07 Å². The summed E-state index contributed by atoms with van der Waals surface area (Å²) in [5.41, 5.74) is -2.29. The number of carbonyl (C=O) groups excluding carboxylic acids is 2. The van der Waals surface area contributed by atoms with Crippen molar-refractivity contribution in [3.63, 3.8) is 0 Å². The van der Waals surface area contributed by atoms with Crippen LogP contribution in [0.2, 0.25) is 0 Å². The van der Waals surface area contributed by atoms with E-state index in [1.54, 1.807) is 25.7 Å². The zero-order valence-electron chi connectivity index (χ0n) is 18.9. The second-order valence-electron chi connectivity index (χ2n) is 8.77. The lowest BCUT2D eigenvalue weighted by Gasteiger charge is -2.37. The summed E-state index contributed by atoms with van der Waals surface area (Å²) in [4.78, 5) is 28.1. The smallest absolute Gasteiger partial charge is 0.418 e. The fourth-order valence-electron chi connectivity index (χ4n) is 3.47. The number of nitrogens with one attached hydrogen (secondary N) is 1. The number of halogens is 4. The molecule has 1 fully saturated rings. The first kappa shape index (κ1) is 25.1. The number of para-hydroxylation sites is 1. The summed E-state index contributed by atoms with van der Waals surface area (Å²) in [6.07, 6.45) is -5.28. The minimum atomic E-state index is -4.76. The summed E-state index contributed by atoms with van der Waals surface area (Å²) in [7, 11) is 0. The standard InChI is InChI=1S/C23H25F4N3O4/c1-22(2,3)34-21(33)30-11-9-29(10-12-30)17-6-4-5-15(23(25,26)27)19(17)28-20(32)14-7-8-16(24)18(31)13-14/h4-8,13,31H,9-12H2,1-3H3,(H,28,32). The Balaban J connectivity index is 1.87. The Hall–Kier alpha value is -3.50. The maximum Gasteiger partial charge on any atom is 0.418 e. The SMILES string of the molecule is CC(C)(C)OC(=O)N1CCN(c2cccc(C(F)(F)F)c2NC(=O)c2ccc(F)c(O)c2)CC1. The minimum Gasteiger partial charge on any atom is -0.505 e. The van der Waals surface area contributed by atoms with Gasteiger partial charge in [0.15, 0.2) is 11.6 Å². The molecule has 0 radical (unpaired) electrons. The van der Waals surface area contributed by atoms with Crippen LogP contribution in [-0.2, 0) is 10.9 Å². The van der Waals surface area contributed by atoms with Crippen molar-refractivity contribution in [1.29, 1.82) is 0 Å². The molecule has 2 amide bonds. The molecule has 1 saturated heterocycles. The number of carbonyl (C=O) groups is 2. The summed E-state index contributed by atoms with van der Waals surface area (Å²) < 4.78 is 59.9. The second-order valence-corrected chi connectivity index (χ2v) is 8.77. The Bertz CT molecular complexity index is 1070. The molecule has 0 spiro atoms. The maximum atomic E-state index is 13.8. The average Bonchev–Trinajstić information content (AvgIpc) is 2.74. The van der Waals surface area contributed by atoms with E-state index in [-0.39, 0.29) is 37.4 Å². The van der Waals surface area contributed by atoms with E-state index in [2.05, 4.69) is 5.32 Å². The van der Waals surface area contributed by atoms with Crippen LogP contribution in [0.15, 0.2) is 36.4 Å². The van der Waals surface area contributed by atoms with Crippen molar-refractivity contribution in [1.82, 2.24) is 4.90 Å². The molecule has 0 bridgehead atoms. The van der Waals surface area contributed by atoms with Gasteiger partial charge in [-0.05, 0) is 51.1 Å². The van der Waals surface area contributed by atoms with Crippen molar-refractivity contribution in [2.75, 3.05) is 36.4 Å². The molecule has 11 heteroatoms. The number of hydrogen-bond donors (Lipinski definition) is 2. The zero-order chi connectivity index (χ0) is 25.3. The van der Waals surface area contributed by atoms with E-state index in [0.29, 0.717) is 0 Å². The Morgan fingerprint density at radius 1 is 1.03 bits per heavy atom. The van der Waals surface area contributed by atoms with E-state index in [1.165, 1.54) is 17.0 Å². The molecule has 0 atom stereocenters. The van der Waals surface area contributed by atoms with E-state index in [4.69, 9.17) is 4.74 Å². The topological polar surface area (TPSA) is 82.1 Å². The van der Waals surface area contributed by atoms with Crippen LogP contribution in [0.25, 0.3) is 0 Å². The van der Waals surface area contributed by atoms with Gasteiger partial charge in [-0.3, -0.25) is 4.79 Å². The molecule has 3 rings (SSSR count). The Labute approximate surface area is 193 Å². The predicted octanol–water partition coefficient (Wildman–Crippen LogP) is 4.86. The Morgan fingerprint density at radius 2 is 1.68 bits per heavy atom. The van der Waals surface area contributed by atoms with Crippen molar-refractivity contribution in [2.45, 2.75) is 32.5 Å². The molecule has 1 aliphatic heterocycles. The van der Waals surface area contributed by atoms with E-state index in [9.17, 15) is 32.3 Å². The number of phenolic OH excluding ortho intramolecular Hbond substituents is 1. The molecule has 184 valence electrons. The number of aromatic hydroxyl groups is 1. The normalized spacial score (nSPS) is 14.7. The van der Waals surface area contributed by atoms with Gasteiger partial charge < -0.3 is 25.0 Å². The molecule has 0 aromatic heterocycles. The van der Waals surface area contributed by atoms with Crippen LogP contribution in [0.3, 0.4) is 0 Å². The Kier molecular flexibility index (Phi) is 6.94. The van der Waals surface area contributed by atoms with Crippen LogP contribution in [0, 0.1) is 5.82 Å². The van der Waals surface area contributed by atoms with Gasteiger partial charge in [-0.25, -0.2) is 9.18 Å². The fraction of sp³-hybridized carbons (Fsp3) is 0.391. The quantitative estimate of drug-likeness (QED) is 0.610. The Morgan fingerprint density at radius 3 is 2.24 bits per heavy atom. The number of rotatable bonds is 3. The highest BCUT2D eigenvalue weighted by Crippen LogP contribution is 2.40. The third kappa shape index (κ3) is 5.89. The lowest BCUT2D eigenvalue weighted by atomic mass is 10.1. The number of amides is 2. The molecular weight excluding hydrogens is 458 g/mol. The molecule has 2 aromatic carbocycles. The van der Waals surface area contributed by atoms with Gasteiger partial charge >= 0.3 is 12.3 Å². The zero-order valence-corrected chi connectivity index (χ0v) is 18.9. The summed E-state index contributed by atoms with van der Waals surface area (Å²) in [5, 5.41) is 11.8. The van der Waals surface area contributed by atoms with Gasteiger partial charge in [0.25, 0.3) is 5.91 Å². The molecular formula is C23H25F4N3O4. The van der Waals surface area contributed by atoms with Crippen molar-refractivity contribution >= 4 is 23.4 Å². The number of anilines is 2. The van der Waals surface area contributed by atoms with Crippen LogP contribution in [0.5, 0.6) is 5.75 Å². The molecule has 2 N–H and O–H groups in total. The number of nitrogens with zero attached hydrogens (tertiary/aromatic N) is 2. The van der Waals surface area contributed by atoms with Gasteiger partial charge in [0, 0.05) is 31.7 Å². The average molecular weight is 483 g/mol.